The number of fused-ring (bicyclic) bond motifs is 1. The molecule has 27 heavy (non-hydrogen) atoms. The first-order chi connectivity index (χ1) is 13.0. The molecule has 2 amide bonds. The number of likely N-dealkylation sites (N-methyl/N-ethyl adjacent to an activating group) is 1. The van der Waals surface area contributed by atoms with E-state index in [1.165, 1.54) is 24.3 Å². The summed E-state index contributed by atoms with van der Waals surface area (Å²) in [6.07, 6.45) is 0.261. The number of morpholine rings is 1. The van der Waals surface area contributed by atoms with Crippen molar-refractivity contribution in [2.75, 3.05) is 26.7 Å². The van der Waals surface area contributed by atoms with Gasteiger partial charge in [-0.05, 0) is 36.2 Å². The van der Waals surface area contributed by atoms with Crippen molar-refractivity contribution in [1.29, 1.82) is 0 Å². The number of piperidine rings is 1. The van der Waals surface area contributed by atoms with Gasteiger partial charge in [0, 0.05) is 25.7 Å². The average Bonchev–Trinajstić information content (AvgIpc) is 2.71. The molecular formula is C21H21FN2O3. The molecule has 2 aliphatic rings. The van der Waals surface area contributed by atoms with E-state index < -0.39 is 5.54 Å². The van der Waals surface area contributed by atoms with E-state index in [1.54, 1.807) is 9.80 Å². The van der Waals surface area contributed by atoms with E-state index in [9.17, 15) is 14.0 Å². The molecule has 4 rings (SSSR count). The number of hydrogen-bond donors (Lipinski definition) is 0. The van der Waals surface area contributed by atoms with E-state index >= 15 is 0 Å². The Labute approximate surface area is 157 Å². The van der Waals surface area contributed by atoms with Crippen molar-refractivity contribution in [3.8, 4) is 0 Å². The van der Waals surface area contributed by atoms with E-state index in [0.29, 0.717) is 25.1 Å². The van der Waals surface area contributed by atoms with Crippen LogP contribution in [0.3, 0.4) is 0 Å². The Balaban J connectivity index is 1.64. The van der Waals surface area contributed by atoms with E-state index in [4.69, 9.17) is 4.74 Å². The van der Waals surface area contributed by atoms with Crippen molar-refractivity contribution >= 4 is 11.8 Å². The van der Waals surface area contributed by atoms with Crippen LogP contribution in [0.25, 0.3) is 0 Å². The molecule has 0 aromatic heterocycles. The zero-order valence-electron chi connectivity index (χ0n) is 15.1. The zero-order chi connectivity index (χ0) is 19.0. The largest absolute Gasteiger partial charge is 0.364 e. The lowest BCUT2D eigenvalue weighted by molar-refractivity contribution is -0.180. The Morgan fingerprint density at radius 3 is 2.56 bits per heavy atom. The molecule has 5 nitrogen and oxygen atoms in total. The minimum Gasteiger partial charge on any atom is -0.364 e. The van der Waals surface area contributed by atoms with Gasteiger partial charge in [0.25, 0.3) is 5.91 Å². The topological polar surface area (TPSA) is 49.9 Å². The Bertz CT molecular complexity index is 855. The number of nitrogens with zero attached hydrogens (tertiary/aromatic N) is 2. The normalized spacial score (nSPS) is 25.3. The molecule has 0 aliphatic carbocycles. The third kappa shape index (κ3) is 2.90. The molecule has 0 bridgehead atoms. The molecule has 2 atom stereocenters. The van der Waals surface area contributed by atoms with E-state index in [2.05, 4.69) is 0 Å². The van der Waals surface area contributed by atoms with E-state index in [0.717, 1.165) is 5.56 Å². The highest BCUT2D eigenvalue weighted by molar-refractivity contribution is 5.94. The van der Waals surface area contributed by atoms with Crippen LogP contribution in [0.15, 0.2) is 54.6 Å². The second-order valence-electron chi connectivity index (χ2n) is 7.05. The Morgan fingerprint density at radius 2 is 1.85 bits per heavy atom. The summed E-state index contributed by atoms with van der Waals surface area (Å²) in [6.45, 7) is 0.875. The van der Waals surface area contributed by atoms with Crippen LogP contribution in [0, 0.1) is 5.82 Å². The summed E-state index contributed by atoms with van der Waals surface area (Å²) in [7, 11) is 1.81. The summed E-state index contributed by atoms with van der Waals surface area (Å²) in [4.78, 5) is 28.7. The maximum atomic E-state index is 13.1. The maximum absolute atomic E-state index is 13.1. The number of halogens is 1. The Kier molecular flexibility index (Phi) is 4.44. The van der Waals surface area contributed by atoms with Crippen molar-refractivity contribution < 1.29 is 18.7 Å². The van der Waals surface area contributed by atoms with Gasteiger partial charge in [0.15, 0.2) is 0 Å². The molecule has 6 heteroatoms. The number of rotatable bonds is 2. The number of carbonyl (C=O) groups is 2. The fourth-order valence-corrected chi connectivity index (χ4v) is 4.18. The van der Waals surface area contributed by atoms with Gasteiger partial charge < -0.3 is 14.5 Å². The zero-order valence-corrected chi connectivity index (χ0v) is 15.1. The first-order valence-electron chi connectivity index (χ1n) is 9.01. The molecule has 2 aromatic carbocycles. The molecule has 0 N–H and O–H groups in total. The molecule has 0 radical (unpaired) electrons. The predicted octanol–water partition coefficient (Wildman–Crippen LogP) is 2.42. The van der Waals surface area contributed by atoms with Gasteiger partial charge in [-0.2, -0.15) is 0 Å². The molecule has 2 aliphatic heterocycles. The predicted molar refractivity (Wildman–Crippen MR) is 97.6 cm³/mol. The number of amides is 2. The lowest BCUT2D eigenvalue weighted by Crippen LogP contribution is -2.67. The van der Waals surface area contributed by atoms with Crippen molar-refractivity contribution in [2.45, 2.75) is 18.1 Å². The molecule has 0 saturated carbocycles. The van der Waals surface area contributed by atoms with Crippen molar-refractivity contribution in [2.24, 2.45) is 0 Å². The Hall–Kier alpha value is -2.73. The highest BCUT2D eigenvalue weighted by Gasteiger charge is 2.53. The van der Waals surface area contributed by atoms with Crippen molar-refractivity contribution in [3.63, 3.8) is 0 Å². The smallest absolute Gasteiger partial charge is 0.253 e. The van der Waals surface area contributed by atoms with E-state index in [-0.39, 0.29) is 30.3 Å². The number of likely N-dealkylation sites (tertiary alicyclic amines) is 1. The average molecular weight is 368 g/mol. The van der Waals surface area contributed by atoms with E-state index in [1.807, 2.05) is 37.4 Å². The van der Waals surface area contributed by atoms with Gasteiger partial charge in [-0.25, -0.2) is 4.39 Å². The Morgan fingerprint density at radius 1 is 1.15 bits per heavy atom. The second-order valence-corrected chi connectivity index (χ2v) is 7.05. The summed E-state index contributed by atoms with van der Waals surface area (Å²) < 4.78 is 19.1. The fourth-order valence-electron chi connectivity index (χ4n) is 4.18. The van der Waals surface area contributed by atoms with Crippen molar-refractivity contribution in [3.05, 3.63) is 71.5 Å². The van der Waals surface area contributed by atoms with Crippen LogP contribution in [-0.2, 0) is 15.1 Å². The van der Waals surface area contributed by atoms with Crippen LogP contribution in [0.4, 0.5) is 4.39 Å². The van der Waals surface area contributed by atoms with Crippen LogP contribution < -0.4 is 0 Å². The van der Waals surface area contributed by atoms with Gasteiger partial charge in [-0.15, -0.1) is 0 Å². The first kappa shape index (κ1) is 17.7. The first-order valence-corrected chi connectivity index (χ1v) is 9.01. The minimum atomic E-state index is -0.587. The third-order valence-electron chi connectivity index (χ3n) is 5.71. The number of benzene rings is 2. The van der Waals surface area contributed by atoms with Gasteiger partial charge in [-0.3, -0.25) is 9.59 Å². The monoisotopic (exact) mass is 368 g/mol. The number of hydrogen-bond acceptors (Lipinski definition) is 3. The van der Waals surface area contributed by atoms with Crippen LogP contribution in [0.2, 0.25) is 0 Å². The summed E-state index contributed by atoms with van der Waals surface area (Å²) in [5.41, 5.74) is 0.874. The lowest BCUT2D eigenvalue weighted by Gasteiger charge is -2.54. The standard InChI is InChI=1S/C21H21FN2O3/c1-23-19(25)14-27-18-13-24(20(26)15-7-9-17(22)10-8-15)12-11-21(18,23)16-5-3-2-4-6-16/h2-10,18H,11-14H2,1H3/t18-,21+/m1/s1. The fraction of sp³-hybridized carbons (Fsp3) is 0.333. The minimum absolute atomic E-state index is 0.00826. The third-order valence-corrected chi connectivity index (χ3v) is 5.71. The van der Waals surface area contributed by atoms with Gasteiger partial charge in [-0.1, -0.05) is 30.3 Å². The van der Waals surface area contributed by atoms with Gasteiger partial charge in [0.1, 0.15) is 18.5 Å². The van der Waals surface area contributed by atoms with Crippen molar-refractivity contribution in [1.82, 2.24) is 9.80 Å². The number of carbonyl (C=O) groups excluding carboxylic acids is 2. The van der Waals surface area contributed by atoms with Crippen LogP contribution in [-0.4, -0.2) is 54.5 Å². The number of ether oxygens (including phenoxy) is 1. The van der Waals surface area contributed by atoms with Crippen LogP contribution in [0.1, 0.15) is 22.3 Å². The highest BCUT2D eigenvalue weighted by Crippen LogP contribution is 2.42. The molecular weight excluding hydrogens is 347 g/mol. The molecule has 0 unspecified atom stereocenters. The molecule has 140 valence electrons. The van der Waals surface area contributed by atoms with Gasteiger partial charge >= 0.3 is 0 Å². The maximum Gasteiger partial charge on any atom is 0.253 e. The van der Waals surface area contributed by atoms with Crippen LogP contribution in [0.5, 0.6) is 0 Å². The SMILES string of the molecule is CN1C(=O)CO[C@@H]2CN(C(=O)c3ccc(F)cc3)CC[C@]21c1ccccc1. The summed E-state index contributed by atoms with van der Waals surface area (Å²) in [5, 5.41) is 0. The lowest BCUT2D eigenvalue weighted by atomic mass is 9.76. The summed E-state index contributed by atoms with van der Waals surface area (Å²) in [6, 6.07) is 15.4. The molecule has 2 heterocycles. The quantitative estimate of drug-likeness (QED) is 0.818. The molecule has 2 saturated heterocycles. The second kappa shape index (κ2) is 6.78. The molecule has 2 fully saturated rings. The van der Waals surface area contributed by atoms with Crippen LogP contribution >= 0.6 is 0 Å². The summed E-state index contributed by atoms with van der Waals surface area (Å²) in [5.74, 6) is -0.586. The molecule has 2 aromatic rings. The van der Waals surface area contributed by atoms with Gasteiger partial charge in [0.2, 0.25) is 5.91 Å². The molecule has 0 spiro atoms. The highest BCUT2D eigenvalue weighted by atomic mass is 19.1. The van der Waals surface area contributed by atoms with Gasteiger partial charge in [0.05, 0.1) is 5.54 Å². The summed E-state index contributed by atoms with van der Waals surface area (Å²) >= 11 is 0.